The van der Waals surface area contributed by atoms with Gasteiger partial charge in [-0.25, -0.2) is 0 Å². The highest BCUT2D eigenvalue weighted by Crippen LogP contribution is 2.04. The first kappa shape index (κ1) is 14.8. The van der Waals surface area contributed by atoms with Gasteiger partial charge in [-0.3, -0.25) is 0 Å². The van der Waals surface area contributed by atoms with Crippen LogP contribution in [0.2, 0.25) is 0 Å². The summed E-state index contributed by atoms with van der Waals surface area (Å²) in [5, 5.41) is 15.6. The minimum absolute atomic E-state index is 0.875. The Bertz CT molecular complexity index is 245. The smallest absolute Gasteiger partial charge is 0.0238 e. The van der Waals surface area contributed by atoms with Crippen LogP contribution >= 0.6 is 0 Å². The van der Waals surface area contributed by atoms with E-state index in [1.165, 1.54) is 17.0 Å². The lowest BCUT2D eigenvalue weighted by Crippen LogP contribution is -2.25. The Kier molecular flexibility index (Phi) is 9.56. The molecule has 2 N–H and O–H groups in total. The van der Waals surface area contributed by atoms with Crippen LogP contribution < -0.4 is 0 Å². The molecular formula is C13H22N2O. The lowest BCUT2D eigenvalue weighted by Gasteiger charge is -2.18. The van der Waals surface area contributed by atoms with Gasteiger partial charge in [-0.05, 0) is 26.5 Å². The van der Waals surface area contributed by atoms with E-state index in [1.807, 2.05) is 18.2 Å². The molecule has 0 bridgehead atoms. The maximum atomic E-state index is 8.74. The van der Waals surface area contributed by atoms with Crippen LogP contribution in [0.3, 0.4) is 0 Å². The van der Waals surface area contributed by atoms with E-state index in [0.717, 1.165) is 25.9 Å². The van der Waals surface area contributed by atoms with Crippen molar-refractivity contribution in [2.75, 3.05) is 13.1 Å². The first-order chi connectivity index (χ1) is 7.79. The summed E-state index contributed by atoms with van der Waals surface area (Å²) in [4.78, 5) is 0. The molecule has 0 unspecified atom stereocenters. The molecule has 0 aliphatic carbocycles. The molecule has 1 fully saturated rings. The van der Waals surface area contributed by atoms with Crippen molar-refractivity contribution in [1.82, 2.24) is 5.06 Å². The summed E-state index contributed by atoms with van der Waals surface area (Å²) in [6.45, 7) is 6.33. The fourth-order valence-electron chi connectivity index (χ4n) is 1.41. The Labute approximate surface area is 98.2 Å². The number of piperidine rings is 1. The van der Waals surface area contributed by atoms with Crippen LogP contribution in [-0.4, -0.2) is 30.1 Å². The number of hydrogen-bond acceptors (Lipinski definition) is 3. The van der Waals surface area contributed by atoms with Gasteiger partial charge in [-0.1, -0.05) is 42.3 Å². The zero-order chi connectivity index (χ0) is 12.2. The molecule has 2 rings (SSSR count). The van der Waals surface area contributed by atoms with Gasteiger partial charge in [-0.2, -0.15) is 5.06 Å². The molecule has 1 heterocycles. The normalized spacial score (nSPS) is 15.1. The standard InChI is InChI=1S/C7H8.C5H11NO.CH3N/c1-7-5-3-2-4-6-7;7-6-4-2-1-3-5-6;1-2/h2-6H,1H3;7H,1-5H2;2H,1H2. The number of hydrogen-bond donors (Lipinski definition) is 2. The van der Waals surface area contributed by atoms with Crippen LogP contribution in [0.1, 0.15) is 24.8 Å². The molecule has 16 heavy (non-hydrogen) atoms. The van der Waals surface area contributed by atoms with E-state index >= 15 is 0 Å². The Morgan fingerprint density at radius 1 is 1.06 bits per heavy atom. The number of nitrogens with one attached hydrogen (secondary N) is 1. The third-order valence-corrected chi connectivity index (χ3v) is 2.27. The van der Waals surface area contributed by atoms with Gasteiger partial charge in [0.05, 0.1) is 0 Å². The molecule has 0 spiro atoms. The SMILES string of the molecule is C=N.Cc1ccccc1.ON1CCCCC1. The summed E-state index contributed by atoms with van der Waals surface area (Å²) in [5.41, 5.74) is 1.32. The second-order valence-corrected chi connectivity index (χ2v) is 3.67. The highest BCUT2D eigenvalue weighted by Gasteiger charge is 2.04. The summed E-state index contributed by atoms with van der Waals surface area (Å²) < 4.78 is 0. The third-order valence-electron chi connectivity index (χ3n) is 2.27. The van der Waals surface area contributed by atoms with Gasteiger partial charge in [-0.15, -0.1) is 0 Å². The lowest BCUT2D eigenvalue weighted by molar-refractivity contribution is -0.103. The molecule has 1 aliphatic rings. The predicted octanol–water partition coefficient (Wildman–Crippen LogP) is 3.12. The second-order valence-electron chi connectivity index (χ2n) is 3.67. The van der Waals surface area contributed by atoms with Crippen LogP contribution in [0.15, 0.2) is 30.3 Å². The minimum Gasteiger partial charge on any atom is -0.317 e. The molecule has 1 aromatic rings. The number of benzene rings is 1. The van der Waals surface area contributed by atoms with Crippen molar-refractivity contribution in [3.05, 3.63) is 35.9 Å². The van der Waals surface area contributed by atoms with Crippen LogP contribution in [0.5, 0.6) is 0 Å². The van der Waals surface area contributed by atoms with E-state index in [4.69, 9.17) is 10.6 Å². The summed E-state index contributed by atoms with van der Waals surface area (Å²) >= 11 is 0. The molecule has 1 saturated heterocycles. The van der Waals surface area contributed by atoms with Crippen molar-refractivity contribution in [3.63, 3.8) is 0 Å². The molecule has 3 heteroatoms. The minimum atomic E-state index is 0.875. The van der Waals surface area contributed by atoms with E-state index in [-0.39, 0.29) is 0 Å². The number of aryl methyl sites for hydroxylation is 1. The van der Waals surface area contributed by atoms with Gasteiger partial charge in [0, 0.05) is 13.1 Å². The molecular weight excluding hydrogens is 200 g/mol. The summed E-state index contributed by atoms with van der Waals surface area (Å²) in [6.07, 6.45) is 3.62. The quantitative estimate of drug-likeness (QED) is 0.662. The fourth-order valence-corrected chi connectivity index (χ4v) is 1.41. The molecule has 90 valence electrons. The molecule has 0 saturated carbocycles. The Hall–Kier alpha value is -1.19. The molecule has 1 aromatic carbocycles. The topological polar surface area (TPSA) is 47.3 Å². The molecule has 1 aliphatic heterocycles. The van der Waals surface area contributed by atoms with Gasteiger partial charge >= 0.3 is 0 Å². The Morgan fingerprint density at radius 2 is 1.56 bits per heavy atom. The maximum Gasteiger partial charge on any atom is 0.0238 e. The van der Waals surface area contributed by atoms with Gasteiger partial charge in [0.15, 0.2) is 0 Å². The van der Waals surface area contributed by atoms with Crippen molar-refractivity contribution in [3.8, 4) is 0 Å². The van der Waals surface area contributed by atoms with Gasteiger partial charge < -0.3 is 10.6 Å². The van der Waals surface area contributed by atoms with E-state index in [2.05, 4.69) is 25.8 Å². The summed E-state index contributed by atoms with van der Waals surface area (Å²) in [7, 11) is 0. The van der Waals surface area contributed by atoms with Crippen LogP contribution in [0.25, 0.3) is 0 Å². The maximum absolute atomic E-state index is 8.74. The Morgan fingerprint density at radius 3 is 1.81 bits per heavy atom. The number of hydroxylamine groups is 2. The fraction of sp³-hybridized carbons (Fsp3) is 0.462. The van der Waals surface area contributed by atoms with Crippen LogP contribution in [-0.2, 0) is 0 Å². The van der Waals surface area contributed by atoms with E-state index in [1.54, 1.807) is 0 Å². The summed E-state index contributed by atoms with van der Waals surface area (Å²) in [5.74, 6) is 0. The van der Waals surface area contributed by atoms with Gasteiger partial charge in [0.1, 0.15) is 0 Å². The Balaban J connectivity index is 0.000000244. The molecule has 0 amide bonds. The average molecular weight is 222 g/mol. The zero-order valence-electron chi connectivity index (χ0n) is 10.0. The van der Waals surface area contributed by atoms with E-state index in [9.17, 15) is 0 Å². The number of nitrogens with zero attached hydrogens (tertiary/aromatic N) is 1. The second kappa shape index (κ2) is 10.3. The number of rotatable bonds is 0. The van der Waals surface area contributed by atoms with Crippen molar-refractivity contribution in [2.24, 2.45) is 0 Å². The van der Waals surface area contributed by atoms with Gasteiger partial charge in [0.25, 0.3) is 0 Å². The lowest BCUT2D eigenvalue weighted by atomic mass is 10.2. The van der Waals surface area contributed by atoms with Crippen molar-refractivity contribution >= 4 is 6.72 Å². The van der Waals surface area contributed by atoms with E-state index < -0.39 is 0 Å². The van der Waals surface area contributed by atoms with E-state index in [0.29, 0.717) is 0 Å². The van der Waals surface area contributed by atoms with Crippen molar-refractivity contribution < 1.29 is 5.21 Å². The van der Waals surface area contributed by atoms with Gasteiger partial charge in [0.2, 0.25) is 0 Å². The van der Waals surface area contributed by atoms with Crippen molar-refractivity contribution in [2.45, 2.75) is 26.2 Å². The molecule has 0 aromatic heterocycles. The average Bonchev–Trinajstić information content (AvgIpc) is 2.34. The first-order valence-electron chi connectivity index (χ1n) is 5.60. The van der Waals surface area contributed by atoms with Crippen LogP contribution in [0, 0.1) is 12.3 Å². The van der Waals surface area contributed by atoms with Crippen molar-refractivity contribution in [1.29, 1.82) is 5.41 Å². The monoisotopic (exact) mass is 222 g/mol. The highest BCUT2D eigenvalue weighted by molar-refractivity contribution is 5.15. The largest absolute Gasteiger partial charge is 0.317 e. The molecule has 0 radical (unpaired) electrons. The molecule has 0 atom stereocenters. The predicted molar refractivity (Wildman–Crippen MR) is 68.2 cm³/mol. The molecule has 3 nitrogen and oxygen atoms in total. The highest BCUT2D eigenvalue weighted by atomic mass is 16.5. The van der Waals surface area contributed by atoms with Crippen LogP contribution in [0.4, 0.5) is 0 Å². The zero-order valence-corrected chi connectivity index (χ0v) is 10.0. The first-order valence-corrected chi connectivity index (χ1v) is 5.60. The third kappa shape index (κ3) is 8.15. The summed E-state index contributed by atoms with van der Waals surface area (Å²) in [6, 6.07) is 10.3.